The molecular formula is C14H19ClN2O3S. The van der Waals surface area contributed by atoms with Crippen LogP contribution in [0.5, 0.6) is 0 Å². The lowest BCUT2D eigenvalue weighted by Crippen LogP contribution is -2.39. The molecule has 7 heteroatoms. The van der Waals surface area contributed by atoms with Gasteiger partial charge in [0.1, 0.15) is 0 Å². The molecule has 2 rings (SSSR count). The maximum atomic E-state index is 12.6. The Morgan fingerprint density at radius 1 is 1.33 bits per heavy atom. The molecule has 1 fully saturated rings. The molecule has 5 nitrogen and oxygen atoms in total. The van der Waals surface area contributed by atoms with Crippen molar-refractivity contribution in [1.82, 2.24) is 4.31 Å². The van der Waals surface area contributed by atoms with Gasteiger partial charge < -0.3 is 5.73 Å². The lowest BCUT2D eigenvalue weighted by Gasteiger charge is -2.30. The number of hydrogen-bond donors (Lipinski definition) is 1. The van der Waals surface area contributed by atoms with Crippen molar-refractivity contribution in [2.45, 2.75) is 30.0 Å². The first kappa shape index (κ1) is 16.3. The van der Waals surface area contributed by atoms with Crippen LogP contribution in [0.4, 0.5) is 0 Å². The number of carbonyl (C=O) groups excluding carboxylic acids is 1. The number of alkyl halides is 1. The second-order valence-electron chi connectivity index (χ2n) is 5.30. The van der Waals surface area contributed by atoms with Gasteiger partial charge in [0.15, 0.2) is 0 Å². The second-order valence-corrected chi connectivity index (χ2v) is 7.50. The van der Waals surface area contributed by atoms with Gasteiger partial charge in [-0.2, -0.15) is 4.31 Å². The number of nitrogens with two attached hydrogens (primary N) is 1. The molecule has 0 aliphatic carbocycles. The van der Waals surface area contributed by atoms with E-state index in [1.54, 1.807) is 24.3 Å². The third-order valence-electron chi connectivity index (χ3n) is 3.75. The zero-order valence-corrected chi connectivity index (χ0v) is 13.2. The van der Waals surface area contributed by atoms with Gasteiger partial charge in [0.05, 0.1) is 4.90 Å². The Bertz CT molecular complexity index is 610. The van der Waals surface area contributed by atoms with Crippen LogP contribution in [0.15, 0.2) is 29.2 Å². The molecule has 1 saturated heterocycles. The van der Waals surface area contributed by atoms with Gasteiger partial charge in [-0.15, -0.1) is 11.6 Å². The summed E-state index contributed by atoms with van der Waals surface area (Å²) in [5.74, 6) is 0.138. The number of nitrogens with zero attached hydrogens (tertiary/aromatic N) is 1. The number of carbonyl (C=O) groups is 1. The van der Waals surface area contributed by atoms with E-state index in [-0.39, 0.29) is 22.6 Å². The van der Waals surface area contributed by atoms with Crippen LogP contribution in [0.25, 0.3) is 0 Å². The first-order valence-corrected chi connectivity index (χ1v) is 8.84. The Hall–Kier alpha value is -1.11. The lowest BCUT2D eigenvalue weighted by molar-refractivity contribution is -0.119. The van der Waals surface area contributed by atoms with E-state index in [0.29, 0.717) is 32.4 Å². The number of primary amides is 1. The van der Waals surface area contributed by atoms with E-state index in [1.807, 2.05) is 0 Å². The number of sulfonamides is 1. The van der Waals surface area contributed by atoms with Crippen molar-refractivity contribution < 1.29 is 13.2 Å². The van der Waals surface area contributed by atoms with Gasteiger partial charge in [-0.1, -0.05) is 12.1 Å². The van der Waals surface area contributed by atoms with Gasteiger partial charge in [-0.25, -0.2) is 8.42 Å². The Labute approximate surface area is 130 Å². The number of hydrogen-bond acceptors (Lipinski definition) is 3. The molecule has 0 unspecified atom stereocenters. The molecule has 116 valence electrons. The normalized spacial score (nSPS) is 17.8. The van der Waals surface area contributed by atoms with Gasteiger partial charge in [0.25, 0.3) is 0 Å². The molecule has 1 aromatic carbocycles. The van der Waals surface area contributed by atoms with Crippen LogP contribution in [-0.2, 0) is 20.7 Å². The summed E-state index contributed by atoms with van der Waals surface area (Å²) in [5.41, 5.74) is 5.96. The standard InChI is InChI=1S/C14H19ClN2O3S/c15-10-12-2-1-3-13(8-12)21(19,20)17-6-4-11(5-7-17)9-14(16)18/h1-3,8,11H,4-7,9-10H2,(H2,16,18). The molecule has 0 atom stereocenters. The average molecular weight is 331 g/mol. The monoisotopic (exact) mass is 330 g/mol. The van der Waals surface area contributed by atoms with Gasteiger partial charge in [0.2, 0.25) is 15.9 Å². The average Bonchev–Trinajstić information content (AvgIpc) is 2.47. The molecule has 0 radical (unpaired) electrons. The highest BCUT2D eigenvalue weighted by Gasteiger charge is 2.29. The Kier molecular flexibility index (Phi) is 5.24. The van der Waals surface area contributed by atoms with Crippen molar-refractivity contribution in [3.63, 3.8) is 0 Å². The highest BCUT2D eigenvalue weighted by molar-refractivity contribution is 7.89. The fourth-order valence-electron chi connectivity index (χ4n) is 2.58. The minimum absolute atomic E-state index is 0.183. The largest absolute Gasteiger partial charge is 0.370 e. The van der Waals surface area contributed by atoms with Gasteiger partial charge >= 0.3 is 0 Å². The molecule has 1 heterocycles. The zero-order chi connectivity index (χ0) is 15.5. The SMILES string of the molecule is NC(=O)CC1CCN(S(=O)(=O)c2cccc(CCl)c2)CC1. The van der Waals surface area contributed by atoms with Crippen molar-refractivity contribution in [3.8, 4) is 0 Å². The van der Waals surface area contributed by atoms with Gasteiger partial charge in [-0.3, -0.25) is 4.79 Å². The highest BCUT2D eigenvalue weighted by atomic mass is 35.5. The van der Waals surface area contributed by atoms with E-state index in [2.05, 4.69) is 0 Å². The van der Waals surface area contributed by atoms with Crippen molar-refractivity contribution in [3.05, 3.63) is 29.8 Å². The molecule has 1 aliphatic heterocycles. The lowest BCUT2D eigenvalue weighted by atomic mass is 9.94. The van der Waals surface area contributed by atoms with Crippen molar-refractivity contribution >= 4 is 27.5 Å². The number of halogens is 1. The second kappa shape index (κ2) is 6.77. The number of piperidine rings is 1. The topological polar surface area (TPSA) is 80.5 Å². The first-order chi connectivity index (χ1) is 9.93. The molecule has 1 aliphatic rings. The maximum Gasteiger partial charge on any atom is 0.243 e. The Balaban J connectivity index is 2.09. The van der Waals surface area contributed by atoms with E-state index >= 15 is 0 Å². The summed E-state index contributed by atoms with van der Waals surface area (Å²) in [4.78, 5) is 11.2. The number of rotatable bonds is 5. The molecule has 0 spiro atoms. The predicted octanol–water partition coefficient (Wildman–Crippen LogP) is 1.70. The highest BCUT2D eigenvalue weighted by Crippen LogP contribution is 2.26. The van der Waals surface area contributed by atoms with Gasteiger partial charge in [-0.05, 0) is 36.5 Å². The van der Waals surface area contributed by atoms with E-state index < -0.39 is 10.0 Å². The molecule has 1 aromatic rings. The number of benzene rings is 1. The van der Waals surface area contributed by atoms with Crippen LogP contribution in [0.3, 0.4) is 0 Å². The first-order valence-electron chi connectivity index (χ1n) is 6.87. The fraction of sp³-hybridized carbons (Fsp3) is 0.500. The third kappa shape index (κ3) is 3.96. The molecule has 2 N–H and O–H groups in total. The van der Waals surface area contributed by atoms with Crippen molar-refractivity contribution in [1.29, 1.82) is 0 Å². The Morgan fingerprint density at radius 2 is 2.00 bits per heavy atom. The van der Waals surface area contributed by atoms with Crippen molar-refractivity contribution in [2.75, 3.05) is 13.1 Å². The molecule has 0 saturated carbocycles. The summed E-state index contributed by atoms with van der Waals surface area (Å²) in [7, 11) is -3.49. The quantitative estimate of drug-likeness (QED) is 0.834. The molecule has 0 bridgehead atoms. The maximum absolute atomic E-state index is 12.6. The van der Waals surface area contributed by atoms with Crippen LogP contribution >= 0.6 is 11.6 Å². The summed E-state index contributed by atoms with van der Waals surface area (Å²) in [6.07, 6.45) is 1.66. The van der Waals surface area contributed by atoms with Crippen LogP contribution in [0.2, 0.25) is 0 Å². The van der Waals surface area contributed by atoms with Crippen LogP contribution < -0.4 is 5.73 Å². The Morgan fingerprint density at radius 3 is 2.57 bits per heavy atom. The minimum atomic E-state index is -3.49. The number of amides is 1. The predicted molar refractivity (Wildman–Crippen MR) is 81.3 cm³/mol. The van der Waals surface area contributed by atoms with Crippen LogP contribution in [0, 0.1) is 5.92 Å². The third-order valence-corrected chi connectivity index (χ3v) is 5.96. The zero-order valence-electron chi connectivity index (χ0n) is 11.7. The summed E-state index contributed by atoms with van der Waals surface area (Å²) < 4.78 is 26.6. The van der Waals surface area contributed by atoms with E-state index in [0.717, 1.165) is 5.56 Å². The van der Waals surface area contributed by atoms with E-state index in [4.69, 9.17) is 17.3 Å². The molecule has 21 heavy (non-hydrogen) atoms. The van der Waals surface area contributed by atoms with Crippen LogP contribution in [-0.4, -0.2) is 31.7 Å². The molecular weight excluding hydrogens is 312 g/mol. The van der Waals surface area contributed by atoms with Crippen molar-refractivity contribution in [2.24, 2.45) is 11.7 Å². The van der Waals surface area contributed by atoms with E-state index in [1.165, 1.54) is 4.31 Å². The summed E-state index contributed by atoms with van der Waals surface area (Å²) >= 11 is 5.75. The fourth-order valence-corrected chi connectivity index (χ4v) is 4.28. The minimum Gasteiger partial charge on any atom is -0.370 e. The molecule has 0 aromatic heterocycles. The van der Waals surface area contributed by atoms with E-state index in [9.17, 15) is 13.2 Å². The summed E-state index contributed by atoms with van der Waals surface area (Å²) in [5, 5.41) is 0. The van der Waals surface area contributed by atoms with Gasteiger partial charge in [0, 0.05) is 25.4 Å². The molecule has 1 amide bonds. The smallest absolute Gasteiger partial charge is 0.243 e. The summed E-state index contributed by atoms with van der Waals surface area (Å²) in [6, 6.07) is 6.69. The van der Waals surface area contributed by atoms with Crippen LogP contribution in [0.1, 0.15) is 24.8 Å². The summed E-state index contributed by atoms with van der Waals surface area (Å²) in [6.45, 7) is 0.844.